The Labute approximate surface area is 139 Å². The molecule has 0 aliphatic heterocycles. The highest BCUT2D eigenvalue weighted by Crippen LogP contribution is 2.64. The van der Waals surface area contributed by atoms with E-state index in [2.05, 4.69) is 16.9 Å². The first kappa shape index (κ1) is 15.3. The summed E-state index contributed by atoms with van der Waals surface area (Å²) < 4.78 is 4.60. The molecule has 6 atom stereocenters. The van der Waals surface area contributed by atoms with E-state index in [1.54, 1.807) is 0 Å². The van der Waals surface area contributed by atoms with Crippen LogP contribution in [0.3, 0.4) is 0 Å². The number of phenolic OH excluding ortho intramolecular Hbond substituents is 3. The first-order valence-electron chi connectivity index (χ1n) is 8.13. The van der Waals surface area contributed by atoms with Gasteiger partial charge in [0.1, 0.15) is 11.3 Å². The maximum atomic E-state index is 11.9. The van der Waals surface area contributed by atoms with Gasteiger partial charge in [0.05, 0.1) is 13.2 Å². The van der Waals surface area contributed by atoms with E-state index < -0.39 is 34.9 Å². The van der Waals surface area contributed by atoms with Crippen molar-refractivity contribution in [3.63, 3.8) is 0 Å². The minimum atomic E-state index is -0.996. The molecule has 0 radical (unpaired) electrons. The number of benzene rings is 1. The third kappa shape index (κ3) is 1.66. The highest BCUT2D eigenvalue weighted by molar-refractivity contribution is 5.97. The van der Waals surface area contributed by atoms with Crippen LogP contribution in [-0.4, -0.2) is 33.5 Å². The molecule has 0 spiro atoms. The zero-order valence-electron chi connectivity index (χ0n) is 13.4. The number of esters is 1. The number of methoxy groups -OCH3 is 1. The molecule has 1 aromatic carbocycles. The Morgan fingerprint density at radius 3 is 2.29 bits per heavy atom. The maximum Gasteiger partial charge on any atom is 0.345 e. The Kier molecular flexibility index (Phi) is 3.12. The molecule has 0 heterocycles. The second-order valence-electron chi connectivity index (χ2n) is 7.08. The lowest BCUT2D eigenvalue weighted by atomic mass is 9.63. The molecule has 3 aliphatic rings. The van der Waals surface area contributed by atoms with Crippen LogP contribution in [-0.2, 0) is 4.74 Å². The molecular weight excluding hydrogens is 312 g/mol. The molecule has 128 valence electrons. The summed E-state index contributed by atoms with van der Waals surface area (Å²) in [6.07, 6.45) is 4.21. The van der Waals surface area contributed by atoms with Gasteiger partial charge in [0.25, 0.3) is 0 Å². The maximum absolute atomic E-state index is 11.9. The van der Waals surface area contributed by atoms with Gasteiger partial charge in [-0.2, -0.15) is 0 Å². The van der Waals surface area contributed by atoms with Crippen LogP contribution in [0.25, 0.3) is 0 Å². The fourth-order valence-electron chi connectivity index (χ4n) is 5.24. The Morgan fingerprint density at radius 1 is 1.04 bits per heavy atom. The zero-order valence-corrected chi connectivity index (χ0v) is 13.4. The van der Waals surface area contributed by atoms with Gasteiger partial charge in [-0.15, -0.1) is 0 Å². The molecule has 24 heavy (non-hydrogen) atoms. The number of aliphatic hydroxyl groups is 1. The van der Waals surface area contributed by atoms with Crippen LogP contribution in [0.1, 0.15) is 46.9 Å². The van der Waals surface area contributed by atoms with E-state index in [1.807, 2.05) is 6.92 Å². The topological polar surface area (TPSA) is 107 Å². The highest BCUT2D eigenvalue weighted by atomic mass is 16.5. The lowest BCUT2D eigenvalue weighted by Gasteiger charge is -2.42. The molecule has 0 aromatic heterocycles. The van der Waals surface area contributed by atoms with E-state index in [9.17, 15) is 25.2 Å². The number of carbonyl (C=O) groups excluding carboxylic acids is 1. The summed E-state index contributed by atoms with van der Waals surface area (Å²) >= 11 is 0. The van der Waals surface area contributed by atoms with Crippen LogP contribution in [0.2, 0.25) is 0 Å². The van der Waals surface area contributed by atoms with Crippen molar-refractivity contribution in [3.05, 3.63) is 28.8 Å². The normalized spacial score (nSPS) is 35.6. The van der Waals surface area contributed by atoms with Crippen LogP contribution in [0.5, 0.6) is 17.2 Å². The lowest BCUT2D eigenvalue weighted by molar-refractivity contribution is 0.0381. The molecule has 4 N–H and O–H groups in total. The van der Waals surface area contributed by atoms with Crippen molar-refractivity contribution < 1.29 is 30.0 Å². The third-order valence-electron chi connectivity index (χ3n) is 6.16. The molecule has 0 saturated heterocycles. The number of hydrogen-bond acceptors (Lipinski definition) is 6. The van der Waals surface area contributed by atoms with Crippen molar-refractivity contribution in [2.75, 3.05) is 7.11 Å². The number of carbonyl (C=O) groups is 1. The average molecular weight is 332 g/mol. The molecule has 6 nitrogen and oxygen atoms in total. The van der Waals surface area contributed by atoms with Crippen LogP contribution >= 0.6 is 0 Å². The number of fused-ring (bicyclic) bond motifs is 6. The summed E-state index contributed by atoms with van der Waals surface area (Å²) in [4.78, 5) is 11.9. The van der Waals surface area contributed by atoms with Crippen molar-refractivity contribution in [2.24, 2.45) is 23.7 Å². The Balaban J connectivity index is 1.97. The van der Waals surface area contributed by atoms with Gasteiger partial charge in [0.15, 0.2) is 11.5 Å². The van der Waals surface area contributed by atoms with E-state index >= 15 is 0 Å². The van der Waals surface area contributed by atoms with Gasteiger partial charge in [-0.25, -0.2) is 4.79 Å². The zero-order chi connectivity index (χ0) is 17.3. The van der Waals surface area contributed by atoms with Crippen LogP contribution in [0, 0.1) is 23.7 Å². The summed E-state index contributed by atoms with van der Waals surface area (Å²) in [7, 11) is 1.13. The van der Waals surface area contributed by atoms with Gasteiger partial charge < -0.3 is 25.2 Å². The second kappa shape index (κ2) is 4.89. The number of aromatic hydroxyl groups is 3. The number of allylic oxidation sites excluding steroid dienone is 2. The molecule has 1 fully saturated rings. The van der Waals surface area contributed by atoms with Gasteiger partial charge in [-0.05, 0) is 36.0 Å². The molecule has 6 unspecified atom stereocenters. The smallest absolute Gasteiger partial charge is 0.345 e. The summed E-state index contributed by atoms with van der Waals surface area (Å²) in [5, 5.41) is 42.1. The number of rotatable bonds is 1. The van der Waals surface area contributed by atoms with Gasteiger partial charge in [-0.1, -0.05) is 19.1 Å². The van der Waals surface area contributed by atoms with E-state index in [0.717, 1.165) is 13.5 Å². The number of phenols is 3. The van der Waals surface area contributed by atoms with E-state index in [4.69, 9.17) is 0 Å². The molecule has 3 aliphatic carbocycles. The molecule has 6 heteroatoms. The van der Waals surface area contributed by atoms with E-state index in [0.29, 0.717) is 11.5 Å². The fourth-order valence-corrected chi connectivity index (χ4v) is 5.24. The first-order chi connectivity index (χ1) is 11.4. The largest absolute Gasteiger partial charge is 0.507 e. The number of aliphatic hydroxyl groups excluding tert-OH is 1. The average Bonchev–Trinajstić information content (AvgIpc) is 3.17. The minimum Gasteiger partial charge on any atom is -0.507 e. The summed E-state index contributed by atoms with van der Waals surface area (Å²) in [6.45, 7) is 1.92. The molecule has 1 saturated carbocycles. The van der Waals surface area contributed by atoms with Crippen molar-refractivity contribution in [1.29, 1.82) is 0 Å². The molecule has 2 bridgehead atoms. The standard InChI is InChI=1S/C18H20O6/c1-6-9-7-3-4-8(5-7)11(9)15(20)12-10(6)14(19)13(18(23)24-2)17(22)16(12)21/h3-4,6-9,11,15,19-22H,5H2,1-2H3. The van der Waals surface area contributed by atoms with Crippen molar-refractivity contribution in [2.45, 2.75) is 25.4 Å². The first-order valence-corrected chi connectivity index (χ1v) is 8.13. The fraction of sp³-hybridized carbons (Fsp3) is 0.500. The van der Waals surface area contributed by atoms with Gasteiger partial charge in [0.2, 0.25) is 0 Å². The Bertz CT molecular complexity index is 768. The predicted molar refractivity (Wildman–Crippen MR) is 83.9 cm³/mol. The number of ether oxygens (including phenoxy) is 1. The van der Waals surface area contributed by atoms with E-state index in [1.165, 1.54) is 0 Å². The van der Waals surface area contributed by atoms with Crippen molar-refractivity contribution >= 4 is 5.97 Å². The minimum absolute atomic E-state index is 0.0591. The third-order valence-corrected chi connectivity index (χ3v) is 6.16. The SMILES string of the molecule is COC(=O)c1c(O)c(O)c2c(c1O)C(C)C1C3C=CC(C3)C1C2O. The van der Waals surface area contributed by atoms with Crippen molar-refractivity contribution in [3.8, 4) is 17.2 Å². The van der Waals surface area contributed by atoms with Gasteiger partial charge in [0, 0.05) is 11.1 Å². The number of hydrogen-bond donors (Lipinski definition) is 4. The predicted octanol–water partition coefficient (Wildman–Crippen LogP) is 2.18. The van der Waals surface area contributed by atoms with Gasteiger partial charge >= 0.3 is 5.97 Å². The highest BCUT2D eigenvalue weighted by Gasteiger charge is 2.55. The Hall–Kier alpha value is -2.21. The van der Waals surface area contributed by atoms with Crippen LogP contribution in [0.4, 0.5) is 0 Å². The van der Waals surface area contributed by atoms with Crippen molar-refractivity contribution in [1.82, 2.24) is 0 Å². The molecular formula is C18H20O6. The van der Waals surface area contributed by atoms with Crippen LogP contribution < -0.4 is 0 Å². The second-order valence-corrected chi connectivity index (χ2v) is 7.08. The van der Waals surface area contributed by atoms with E-state index in [-0.39, 0.29) is 29.2 Å². The molecule has 1 aromatic rings. The Morgan fingerprint density at radius 2 is 1.67 bits per heavy atom. The summed E-state index contributed by atoms with van der Waals surface area (Å²) in [6, 6.07) is 0. The molecule has 4 rings (SSSR count). The summed E-state index contributed by atoms with van der Waals surface area (Å²) in [5.74, 6) is -2.19. The quantitative estimate of drug-likeness (QED) is 0.272. The monoisotopic (exact) mass is 332 g/mol. The lowest BCUT2D eigenvalue weighted by Crippen LogP contribution is -2.35. The van der Waals surface area contributed by atoms with Crippen LogP contribution in [0.15, 0.2) is 12.2 Å². The summed E-state index contributed by atoms with van der Waals surface area (Å²) in [5.41, 5.74) is 0.0118. The molecule has 0 amide bonds. The van der Waals surface area contributed by atoms with Gasteiger partial charge in [-0.3, -0.25) is 0 Å².